The summed E-state index contributed by atoms with van der Waals surface area (Å²) in [5, 5.41) is 3.88. The Morgan fingerprint density at radius 1 is 1.06 bits per heavy atom. The van der Waals surface area contributed by atoms with E-state index >= 15 is 0 Å². The number of H-pyrrole nitrogens is 1. The monoisotopic (exact) mass is 449 g/mol. The second-order valence-corrected chi connectivity index (χ2v) is 8.38. The molecule has 2 aromatic carbocycles. The van der Waals surface area contributed by atoms with E-state index in [0.29, 0.717) is 17.9 Å². The lowest BCUT2D eigenvalue weighted by atomic mass is 9.94. The van der Waals surface area contributed by atoms with E-state index in [1.54, 1.807) is 7.11 Å². The van der Waals surface area contributed by atoms with Crippen LogP contribution >= 0.6 is 0 Å². The first-order valence-corrected chi connectivity index (χ1v) is 11.6. The Balaban J connectivity index is 1.61. The third-order valence-electron chi connectivity index (χ3n) is 6.16. The Morgan fingerprint density at radius 2 is 1.79 bits per heavy atom. The fourth-order valence-electron chi connectivity index (χ4n) is 4.42. The molecule has 33 heavy (non-hydrogen) atoms. The van der Waals surface area contributed by atoms with Gasteiger partial charge in [0.05, 0.1) is 20.3 Å². The van der Waals surface area contributed by atoms with Crippen molar-refractivity contribution in [3.8, 4) is 11.5 Å². The number of aromatic amines is 1. The van der Waals surface area contributed by atoms with E-state index in [4.69, 9.17) is 9.47 Å². The van der Waals surface area contributed by atoms with Crippen LogP contribution < -0.4 is 20.3 Å². The van der Waals surface area contributed by atoms with Crippen LogP contribution in [-0.4, -0.2) is 35.7 Å². The molecule has 3 aromatic rings. The number of aromatic nitrogens is 1. The van der Waals surface area contributed by atoms with E-state index in [9.17, 15) is 9.59 Å². The molecule has 0 radical (unpaired) electrons. The molecule has 0 aliphatic heterocycles. The Bertz CT molecular complexity index is 1150. The van der Waals surface area contributed by atoms with Gasteiger partial charge in [-0.05, 0) is 68.3 Å². The number of nitrogens with one attached hydrogen (secondary N) is 2. The molecule has 0 saturated heterocycles. The topological polar surface area (TPSA) is 83.7 Å². The van der Waals surface area contributed by atoms with Crippen molar-refractivity contribution in [2.45, 2.75) is 51.6 Å². The van der Waals surface area contributed by atoms with Gasteiger partial charge in [0.2, 0.25) is 0 Å². The van der Waals surface area contributed by atoms with Gasteiger partial charge in [0.15, 0.2) is 0 Å². The number of rotatable bonds is 7. The van der Waals surface area contributed by atoms with E-state index in [1.165, 1.54) is 6.42 Å². The van der Waals surface area contributed by atoms with Crippen LogP contribution in [0.3, 0.4) is 0 Å². The minimum Gasteiger partial charge on any atom is -0.497 e. The zero-order valence-corrected chi connectivity index (χ0v) is 19.2. The summed E-state index contributed by atoms with van der Waals surface area (Å²) >= 11 is 0. The van der Waals surface area contributed by atoms with Crippen molar-refractivity contribution < 1.29 is 14.3 Å². The van der Waals surface area contributed by atoms with E-state index in [-0.39, 0.29) is 24.2 Å². The van der Waals surface area contributed by atoms with Gasteiger partial charge < -0.3 is 24.7 Å². The van der Waals surface area contributed by atoms with Gasteiger partial charge in [-0.2, -0.15) is 0 Å². The standard InChI is InChI=1S/C26H31N3O4/c1-3-33-23-13-14-24-18(16-23)15-19(25(30)28-24)17-29(21-7-5-4-6-8-21)26(31)27-20-9-11-22(32-2)12-10-20/h9-16,21H,3-8,17H2,1-2H3,(H,27,31)(H,28,30). The van der Waals surface area contributed by atoms with Crippen molar-refractivity contribution >= 4 is 22.6 Å². The molecule has 7 nitrogen and oxygen atoms in total. The number of methoxy groups -OCH3 is 1. The van der Waals surface area contributed by atoms with Crippen molar-refractivity contribution in [2.75, 3.05) is 19.0 Å². The molecule has 1 aromatic heterocycles. The minimum absolute atomic E-state index is 0.0989. The maximum absolute atomic E-state index is 13.3. The summed E-state index contributed by atoms with van der Waals surface area (Å²) in [6, 6.07) is 14.6. The molecule has 1 aliphatic rings. The van der Waals surface area contributed by atoms with Crippen molar-refractivity contribution in [3.63, 3.8) is 0 Å². The van der Waals surface area contributed by atoms with Crippen molar-refractivity contribution in [2.24, 2.45) is 0 Å². The Kier molecular flexibility index (Phi) is 7.17. The summed E-state index contributed by atoms with van der Waals surface area (Å²) in [7, 11) is 1.61. The lowest BCUT2D eigenvalue weighted by molar-refractivity contribution is 0.162. The third-order valence-corrected chi connectivity index (χ3v) is 6.16. The summed E-state index contributed by atoms with van der Waals surface area (Å²) in [6.45, 7) is 2.76. The lowest BCUT2D eigenvalue weighted by Gasteiger charge is -2.34. The van der Waals surface area contributed by atoms with Crippen LogP contribution in [-0.2, 0) is 6.54 Å². The van der Waals surface area contributed by atoms with Gasteiger partial charge in [0.25, 0.3) is 5.56 Å². The Labute approximate surface area is 193 Å². The molecule has 174 valence electrons. The smallest absolute Gasteiger partial charge is 0.322 e. The maximum atomic E-state index is 13.3. The van der Waals surface area contributed by atoms with Crippen LogP contribution in [0.25, 0.3) is 10.9 Å². The molecule has 0 bridgehead atoms. The van der Waals surface area contributed by atoms with Crippen molar-refractivity contribution in [1.82, 2.24) is 9.88 Å². The van der Waals surface area contributed by atoms with Gasteiger partial charge >= 0.3 is 6.03 Å². The highest BCUT2D eigenvalue weighted by molar-refractivity contribution is 5.89. The van der Waals surface area contributed by atoms with E-state index in [1.807, 2.05) is 60.4 Å². The molecule has 2 N–H and O–H groups in total. The second-order valence-electron chi connectivity index (χ2n) is 8.38. The Hall–Kier alpha value is -3.48. The Morgan fingerprint density at radius 3 is 2.48 bits per heavy atom. The molecular formula is C26H31N3O4. The van der Waals surface area contributed by atoms with Gasteiger partial charge in [-0.1, -0.05) is 19.3 Å². The average Bonchev–Trinajstić information content (AvgIpc) is 2.84. The molecule has 0 atom stereocenters. The summed E-state index contributed by atoms with van der Waals surface area (Å²) in [4.78, 5) is 31.0. The van der Waals surface area contributed by atoms with E-state index in [0.717, 1.165) is 48.1 Å². The number of hydrogen-bond acceptors (Lipinski definition) is 4. The van der Waals surface area contributed by atoms with E-state index in [2.05, 4.69) is 10.3 Å². The third kappa shape index (κ3) is 5.48. The minimum atomic E-state index is -0.199. The summed E-state index contributed by atoms with van der Waals surface area (Å²) in [6.07, 6.45) is 5.23. The highest BCUT2D eigenvalue weighted by Crippen LogP contribution is 2.26. The van der Waals surface area contributed by atoms with Crippen molar-refractivity contribution in [1.29, 1.82) is 0 Å². The van der Waals surface area contributed by atoms with Crippen LogP contribution in [0.1, 0.15) is 44.6 Å². The van der Waals surface area contributed by atoms with Crippen LogP contribution in [0.4, 0.5) is 10.5 Å². The van der Waals surface area contributed by atoms with Gasteiger partial charge in [0, 0.05) is 28.2 Å². The molecule has 1 aliphatic carbocycles. The SMILES string of the molecule is CCOc1ccc2[nH]c(=O)c(CN(C(=O)Nc3ccc(OC)cc3)C3CCCCC3)cc2c1. The molecular weight excluding hydrogens is 418 g/mol. The highest BCUT2D eigenvalue weighted by Gasteiger charge is 2.26. The summed E-state index contributed by atoms with van der Waals surface area (Å²) in [5.41, 5.74) is 1.82. The van der Waals surface area contributed by atoms with E-state index < -0.39 is 0 Å². The molecule has 1 heterocycles. The van der Waals surface area contributed by atoms with Gasteiger partial charge in [-0.25, -0.2) is 4.79 Å². The molecule has 1 saturated carbocycles. The molecule has 0 unspecified atom stereocenters. The maximum Gasteiger partial charge on any atom is 0.322 e. The second kappa shape index (κ2) is 10.4. The summed E-state index contributed by atoms with van der Waals surface area (Å²) < 4.78 is 10.8. The number of urea groups is 1. The first kappa shape index (κ1) is 22.7. The first-order chi connectivity index (χ1) is 16.1. The predicted octanol–water partition coefficient (Wildman–Crippen LogP) is 5.30. The normalized spacial score (nSPS) is 14.1. The number of amides is 2. The fraction of sp³-hybridized carbons (Fsp3) is 0.385. The largest absolute Gasteiger partial charge is 0.497 e. The molecule has 0 spiro atoms. The zero-order valence-electron chi connectivity index (χ0n) is 19.2. The molecule has 4 rings (SSSR count). The number of nitrogens with zero attached hydrogens (tertiary/aromatic N) is 1. The first-order valence-electron chi connectivity index (χ1n) is 11.6. The fourth-order valence-corrected chi connectivity index (χ4v) is 4.42. The number of anilines is 1. The number of carbonyl (C=O) groups is 1. The molecule has 7 heteroatoms. The van der Waals surface area contributed by atoms with Crippen LogP contribution in [0.5, 0.6) is 11.5 Å². The molecule has 1 fully saturated rings. The van der Waals surface area contributed by atoms with Crippen LogP contribution in [0, 0.1) is 0 Å². The molecule has 2 amide bonds. The number of carbonyl (C=O) groups excluding carboxylic acids is 1. The number of hydrogen-bond donors (Lipinski definition) is 2. The number of pyridine rings is 1. The van der Waals surface area contributed by atoms with Gasteiger partial charge in [0.1, 0.15) is 11.5 Å². The van der Waals surface area contributed by atoms with Gasteiger partial charge in [-0.3, -0.25) is 4.79 Å². The zero-order chi connectivity index (χ0) is 23.2. The van der Waals surface area contributed by atoms with Crippen LogP contribution in [0.15, 0.2) is 53.3 Å². The lowest BCUT2D eigenvalue weighted by Crippen LogP contribution is -2.44. The number of benzene rings is 2. The van der Waals surface area contributed by atoms with Crippen LogP contribution in [0.2, 0.25) is 0 Å². The quantitative estimate of drug-likeness (QED) is 0.513. The summed E-state index contributed by atoms with van der Waals surface area (Å²) in [5.74, 6) is 1.48. The average molecular weight is 450 g/mol. The number of ether oxygens (including phenoxy) is 2. The predicted molar refractivity (Wildman–Crippen MR) is 130 cm³/mol. The van der Waals surface area contributed by atoms with Gasteiger partial charge in [-0.15, -0.1) is 0 Å². The highest BCUT2D eigenvalue weighted by atomic mass is 16.5. The van der Waals surface area contributed by atoms with Crippen molar-refractivity contribution in [3.05, 3.63) is 64.4 Å². The number of fused-ring (bicyclic) bond motifs is 1.